The van der Waals surface area contributed by atoms with Crippen molar-refractivity contribution in [3.8, 4) is 11.5 Å². The van der Waals surface area contributed by atoms with E-state index in [0.29, 0.717) is 39.6 Å². The number of nitrogens with two attached hydrogens (primary N) is 1. The van der Waals surface area contributed by atoms with Crippen LogP contribution in [0.25, 0.3) is 10.9 Å². The minimum absolute atomic E-state index is 0.0459. The van der Waals surface area contributed by atoms with E-state index >= 15 is 0 Å². The van der Waals surface area contributed by atoms with Crippen molar-refractivity contribution >= 4 is 22.4 Å². The van der Waals surface area contributed by atoms with Gasteiger partial charge in [0.2, 0.25) is 0 Å². The molecule has 1 aliphatic heterocycles. The number of alkyl halides is 3. The van der Waals surface area contributed by atoms with Crippen molar-refractivity contribution in [1.29, 1.82) is 0 Å². The number of piperidine rings is 1. The number of nitrogens with one attached hydrogen (secondary N) is 2. The van der Waals surface area contributed by atoms with Crippen LogP contribution in [-0.4, -0.2) is 36.3 Å². The van der Waals surface area contributed by atoms with Gasteiger partial charge in [-0.05, 0) is 69.6 Å². The van der Waals surface area contributed by atoms with Gasteiger partial charge in [-0.25, -0.2) is 9.97 Å². The summed E-state index contributed by atoms with van der Waals surface area (Å²) in [6.45, 7) is 5.28. The lowest BCUT2D eigenvalue weighted by molar-refractivity contribution is -0.137. The molecule has 7 nitrogen and oxygen atoms in total. The summed E-state index contributed by atoms with van der Waals surface area (Å²) in [5, 5.41) is 7.23. The molecule has 0 radical (unpaired) electrons. The molecule has 0 saturated carbocycles. The van der Waals surface area contributed by atoms with Gasteiger partial charge in [-0.15, -0.1) is 0 Å². The largest absolute Gasteiger partial charge is 0.493 e. The van der Waals surface area contributed by atoms with Gasteiger partial charge in [-0.1, -0.05) is 0 Å². The molecule has 0 bridgehead atoms. The predicted molar refractivity (Wildman–Crippen MR) is 125 cm³/mol. The Labute approximate surface area is 195 Å². The number of hydrogen-bond acceptors (Lipinski definition) is 7. The number of rotatable bonds is 6. The molecule has 1 aliphatic rings. The van der Waals surface area contributed by atoms with E-state index in [1.54, 1.807) is 27.0 Å². The quantitative estimate of drug-likeness (QED) is 0.439. The van der Waals surface area contributed by atoms with E-state index in [4.69, 9.17) is 15.2 Å². The van der Waals surface area contributed by atoms with Crippen LogP contribution in [0.5, 0.6) is 11.5 Å². The van der Waals surface area contributed by atoms with Gasteiger partial charge in [0.25, 0.3) is 0 Å². The van der Waals surface area contributed by atoms with Gasteiger partial charge in [0.1, 0.15) is 17.7 Å². The second kappa shape index (κ2) is 9.54. The van der Waals surface area contributed by atoms with Gasteiger partial charge >= 0.3 is 6.18 Å². The predicted octanol–water partition coefficient (Wildman–Crippen LogP) is 4.85. The Kier molecular flexibility index (Phi) is 6.70. The van der Waals surface area contributed by atoms with Gasteiger partial charge in [-0.3, -0.25) is 0 Å². The number of aryl methyl sites for hydroxylation is 1. The maximum Gasteiger partial charge on any atom is 0.416 e. The first-order chi connectivity index (χ1) is 16.1. The molecule has 2 aromatic carbocycles. The molecule has 34 heavy (non-hydrogen) atoms. The fourth-order valence-corrected chi connectivity index (χ4v) is 4.09. The number of fused-ring (bicyclic) bond motifs is 1. The summed E-state index contributed by atoms with van der Waals surface area (Å²) in [7, 11) is 1.57. The molecule has 1 fully saturated rings. The lowest BCUT2D eigenvalue weighted by atomic mass is 10.0. The first-order valence-corrected chi connectivity index (χ1v) is 11.1. The first kappa shape index (κ1) is 23.9. The van der Waals surface area contributed by atoms with Gasteiger partial charge in [0.15, 0.2) is 11.5 Å². The number of aromatic nitrogens is 2. The van der Waals surface area contributed by atoms with E-state index < -0.39 is 17.8 Å². The molecule has 0 unspecified atom stereocenters. The van der Waals surface area contributed by atoms with Crippen molar-refractivity contribution in [3.05, 3.63) is 47.3 Å². The highest BCUT2D eigenvalue weighted by Crippen LogP contribution is 2.37. The fourth-order valence-electron chi connectivity index (χ4n) is 4.09. The minimum atomic E-state index is -4.49. The highest BCUT2D eigenvalue weighted by Gasteiger charge is 2.31. The number of benzene rings is 2. The van der Waals surface area contributed by atoms with Crippen LogP contribution < -0.4 is 25.8 Å². The monoisotopic (exact) mass is 475 g/mol. The maximum atomic E-state index is 13.3. The van der Waals surface area contributed by atoms with Crippen LogP contribution >= 0.6 is 0 Å². The van der Waals surface area contributed by atoms with E-state index in [1.807, 2.05) is 6.07 Å². The SMILES string of the molecule is COc1cc2nc(C)nc(N[C@H](C)c3cc(N)cc(C(F)(F)F)c3)c2cc1OC1CCNCC1. The first-order valence-electron chi connectivity index (χ1n) is 11.1. The Balaban J connectivity index is 1.70. The van der Waals surface area contributed by atoms with Crippen molar-refractivity contribution < 1.29 is 22.6 Å². The Bertz CT molecular complexity index is 1180. The molecule has 3 aromatic rings. The fraction of sp³-hybridized carbons (Fsp3) is 0.417. The Morgan fingerprint density at radius 1 is 1.09 bits per heavy atom. The van der Waals surface area contributed by atoms with E-state index in [0.717, 1.165) is 38.1 Å². The highest BCUT2D eigenvalue weighted by molar-refractivity contribution is 5.92. The Morgan fingerprint density at radius 3 is 2.50 bits per heavy atom. The molecular formula is C24H28F3N5O2. The zero-order valence-corrected chi connectivity index (χ0v) is 19.3. The second-order valence-corrected chi connectivity index (χ2v) is 8.46. The van der Waals surface area contributed by atoms with Crippen LogP contribution in [-0.2, 0) is 6.18 Å². The van der Waals surface area contributed by atoms with Crippen LogP contribution in [0.2, 0.25) is 0 Å². The molecule has 0 aliphatic carbocycles. The van der Waals surface area contributed by atoms with Crippen LogP contribution in [0, 0.1) is 6.92 Å². The molecule has 4 N–H and O–H groups in total. The van der Waals surface area contributed by atoms with Crippen LogP contribution in [0.1, 0.15) is 42.8 Å². The zero-order valence-electron chi connectivity index (χ0n) is 19.3. The molecule has 0 spiro atoms. The lowest BCUT2D eigenvalue weighted by Gasteiger charge is -2.25. The number of hydrogen-bond donors (Lipinski definition) is 3. The Hall–Kier alpha value is -3.27. The summed E-state index contributed by atoms with van der Waals surface area (Å²) in [6, 6.07) is 6.66. The molecule has 1 saturated heterocycles. The number of ether oxygens (including phenoxy) is 2. The lowest BCUT2D eigenvalue weighted by Crippen LogP contribution is -2.34. The third-order valence-electron chi connectivity index (χ3n) is 5.83. The van der Waals surface area contributed by atoms with Gasteiger partial charge in [-0.2, -0.15) is 13.2 Å². The number of anilines is 2. The molecule has 1 aromatic heterocycles. The van der Waals surface area contributed by atoms with Crippen LogP contribution in [0.4, 0.5) is 24.7 Å². The van der Waals surface area contributed by atoms with Crippen molar-refractivity contribution in [3.63, 3.8) is 0 Å². The average Bonchev–Trinajstić information content (AvgIpc) is 2.78. The number of methoxy groups -OCH3 is 1. The van der Waals surface area contributed by atoms with Crippen molar-refractivity contribution in [2.75, 3.05) is 31.2 Å². The van der Waals surface area contributed by atoms with Crippen LogP contribution in [0.15, 0.2) is 30.3 Å². The maximum absolute atomic E-state index is 13.3. The second-order valence-electron chi connectivity index (χ2n) is 8.46. The van der Waals surface area contributed by atoms with E-state index in [9.17, 15) is 13.2 Å². The van der Waals surface area contributed by atoms with Gasteiger partial charge in [0, 0.05) is 17.1 Å². The molecule has 4 rings (SSSR count). The topological polar surface area (TPSA) is 94.3 Å². The summed E-state index contributed by atoms with van der Waals surface area (Å²) in [5.74, 6) is 2.14. The third-order valence-corrected chi connectivity index (χ3v) is 5.83. The number of halogens is 3. The zero-order chi connectivity index (χ0) is 24.5. The summed E-state index contributed by atoms with van der Waals surface area (Å²) < 4.78 is 51.6. The van der Waals surface area contributed by atoms with Crippen LogP contribution in [0.3, 0.4) is 0 Å². The molecule has 182 valence electrons. The Morgan fingerprint density at radius 2 is 1.82 bits per heavy atom. The molecule has 0 amide bonds. The summed E-state index contributed by atoms with van der Waals surface area (Å²) in [5.41, 5.74) is 6.05. The number of nitrogen functional groups attached to an aromatic ring is 1. The highest BCUT2D eigenvalue weighted by atomic mass is 19.4. The molecule has 1 atom stereocenters. The normalized spacial score (nSPS) is 15.8. The molecule has 2 heterocycles. The summed E-state index contributed by atoms with van der Waals surface area (Å²) in [4.78, 5) is 9.03. The van der Waals surface area contributed by atoms with E-state index in [-0.39, 0.29) is 11.8 Å². The molecule has 10 heteroatoms. The summed E-state index contributed by atoms with van der Waals surface area (Å²) in [6.07, 6.45) is -2.67. The van der Waals surface area contributed by atoms with Gasteiger partial charge < -0.3 is 25.8 Å². The smallest absolute Gasteiger partial charge is 0.416 e. The van der Waals surface area contributed by atoms with E-state index in [1.165, 1.54) is 6.07 Å². The number of nitrogens with zero attached hydrogens (tertiary/aromatic N) is 2. The van der Waals surface area contributed by atoms with Gasteiger partial charge in [0.05, 0.1) is 24.2 Å². The summed E-state index contributed by atoms with van der Waals surface area (Å²) >= 11 is 0. The average molecular weight is 476 g/mol. The van der Waals surface area contributed by atoms with E-state index in [2.05, 4.69) is 20.6 Å². The van der Waals surface area contributed by atoms with Crippen molar-refractivity contribution in [2.45, 2.75) is 45.0 Å². The minimum Gasteiger partial charge on any atom is -0.493 e. The third kappa shape index (κ3) is 5.27. The van der Waals surface area contributed by atoms with Crippen molar-refractivity contribution in [2.24, 2.45) is 0 Å². The molecular weight excluding hydrogens is 447 g/mol. The van der Waals surface area contributed by atoms with Crippen molar-refractivity contribution in [1.82, 2.24) is 15.3 Å². The standard InChI is InChI=1S/C24H28F3N5O2/c1-13(15-8-16(24(25,26)27)10-17(28)9-15)30-23-19-11-22(34-18-4-6-29-7-5-18)21(33-3)12-20(19)31-14(2)32-23/h8-13,18,29H,4-7,28H2,1-3H3,(H,30,31,32)/t13-/m1/s1.